The summed E-state index contributed by atoms with van der Waals surface area (Å²) in [5, 5.41) is 9.91. The van der Waals surface area contributed by atoms with Gasteiger partial charge < -0.3 is 9.84 Å². The van der Waals surface area contributed by atoms with Crippen LogP contribution in [-0.2, 0) is 9.53 Å². The van der Waals surface area contributed by atoms with Crippen LogP contribution in [0.3, 0.4) is 0 Å². The van der Waals surface area contributed by atoms with E-state index >= 15 is 0 Å². The summed E-state index contributed by atoms with van der Waals surface area (Å²) in [7, 11) is 1.68. The molecule has 120 valence electrons. The van der Waals surface area contributed by atoms with E-state index in [4.69, 9.17) is 4.74 Å². The molecule has 0 aromatic carbocycles. The SMILES string of the molecule is CCCCC1=CC=CC(CCCC)(C(=O)O)C1CCOC. The first kappa shape index (κ1) is 18.0. The number of hydrogen-bond acceptors (Lipinski definition) is 2. The second-order valence-electron chi connectivity index (χ2n) is 5.99. The molecule has 0 saturated carbocycles. The summed E-state index contributed by atoms with van der Waals surface area (Å²) >= 11 is 0. The van der Waals surface area contributed by atoms with Gasteiger partial charge >= 0.3 is 5.97 Å². The molecule has 0 radical (unpaired) electrons. The van der Waals surface area contributed by atoms with Crippen LogP contribution in [0.15, 0.2) is 23.8 Å². The second-order valence-corrected chi connectivity index (χ2v) is 5.99. The number of unbranched alkanes of at least 4 members (excludes halogenated alkanes) is 2. The number of aliphatic carboxylic acids is 1. The van der Waals surface area contributed by atoms with Gasteiger partial charge in [-0.2, -0.15) is 0 Å². The number of hydrogen-bond donors (Lipinski definition) is 1. The monoisotopic (exact) mass is 294 g/mol. The van der Waals surface area contributed by atoms with Crippen molar-refractivity contribution >= 4 is 5.97 Å². The minimum absolute atomic E-state index is 0.0676. The maximum absolute atomic E-state index is 12.1. The van der Waals surface area contributed by atoms with Crippen LogP contribution in [0.4, 0.5) is 0 Å². The molecule has 1 aliphatic rings. The zero-order valence-corrected chi connectivity index (χ0v) is 13.7. The highest BCUT2D eigenvalue weighted by molar-refractivity contribution is 5.79. The summed E-state index contributed by atoms with van der Waals surface area (Å²) in [6, 6.07) is 0. The maximum atomic E-state index is 12.1. The van der Waals surface area contributed by atoms with E-state index in [0.29, 0.717) is 13.0 Å². The Morgan fingerprint density at radius 3 is 2.62 bits per heavy atom. The summed E-state index contributed by atoms with van der Waals surface area (Å²) in [4.78, 5) is 12.1. The molecule has 0 saturated heterocycles. The Kier molecular flexibility index (Phi) is 7.73. The largest absolute Gasteiger partial charge is 0.481 e. The van der Waals surface area contributed by atoms with E-state index < -0.39 is 11.4 Å². The molecule has 0 aromatic heterocycles. The van der Waals surface area contributed by atoms with Crippen molar-refractivity contribution < 1.29 is 14.6 Å². The molecule has 1 N–H and O–H groups in total. The first-order chi connectivity index (χ1) is 10.1. The van der Waals surface area contributed by atoms with E-state index in [-0.39, 0.29) is 5.92 Å². The fourth-order valence-corrected chi connectivity index (χ4v) is 3.28. The van der Waals surface area contributed by atoms with Crippen LogP contribution < -0.4 is 0 Å². The van der Waals surface area contributed by atoms with Crippen molar-refractivity contribution in [1.82, 2.24) is 0 Å². The van der Waals surface area contributed by atoms with Gasteiger partial charge in [0, 0.05) is 19.6 Å². The van der Waals surface area contributed by atoms with Crippen molar-refractivity contribution in [2.24, 2.45) is 11.3 Å². The van der Waals surface area contributed by atoms with E-state index in [0.717, 1.165) is 38.5 Å². The Balaban J connectivity index is 3.04. The molecule has 1 rings (SSSR count). The molecule has 0 spiro atoms. The lowest BCUT2D eigenvalue weighted by molar-refractivity contribution is -0.149. The molecule has 0 amide bonds. The van der Waals surface area contributed by atoms with Gasteiger partial charge in [0.05, 0.1) is 5.41 Å². The van der Waals surface area contributed by atoms with Crippen LogP contribution in [0, 0.1) is 11.3 Å². The van der Waals surface area contributed by atoms with Gasteiger partial charge in [-0.15, -0.1) is 0 Å². The van der Waals surface area contributed by atoms with Crippen LogP contribution in [-0.4, -0.2) is 24.8 Å². The van der Waals surface area contributed by atoms with Crippen LogP contribution in [0.1, 0.15) is 58.8 Å². The zero-order chi connectivity index (χ0) is 15.7. The van der Waals surface area contributed by atoms with Gasteiger partial charge in [-0.05, 0) is 25.7 Å². The number of methoxy groups -OCH3 is 1. The summed E-state index contributed by atoms with van der Waals surface area (Å²) in [6.07, 6.45) is 12.7. The maximum Gasteiger partial charge on any atom is 0.314 e. The third-order valence-electron chi connectivity index (χ3n) is 4.55. The predicted octanol–water partition coefficient (Wildman–Crippen LogP) is 4.59. The van der Waals surface area contributed by atoms with Gasteiger partial charge in [-0.25, -0.2) is 0 Å². The standard InChI is InChI=1S/C18H30O3/c1-4-6-9-15-10-8-13-18(17(19)20,12-7-5-2)16(15)11-14-21-3/h8,10,13,16H,4-7,9,11-12,14H2,1-3H3,(H,19,20). The van der Waals surface area contributed by atoms with Gasteiger partial charge in [0.25, 0.3) is 0 Å². The molecule has 21 heavy (non-hydrogen) atoms. The number of allylic oxidation sites excluding steroid dienone is 3. The Morgan fingerprint density at radius 1 is 1.33 bits per heavy atom. The lowest BCUT2D eigenvalue weighted by atomic mass is 9.64. The van der Waals surface area contributed by atoms with Gasteiger partial charge in [-0.1, -0.05) is 56.9 Å². The molecule has 2 unspecified atom stereocenters. The van der Waals surface area contributed by atoms with Gasteiger partial charge in [0.1, 0.15) is 0 Å². The molecular weight excluding hydrogens is 264 g/mol. The van der Waals surface area contributed by atoms with E-state index in [1.165, 1.54) is 5.57 Å². The molecule has 0 bridgehead atoms. The van der Waals surface area contributed by atoms with E-state index in [2.05, 4.69) is 19.9 Å². The number of rotatable bonds is 10. The van der Waals surface area contributed by atoms with Crippen LogP contribution in [0.5, 0.6) is 0 Å². The highest BCUT2D eigenvalue weighted by Gasteiger charge is 2.45. The average molecular weight is 294 g/mol. The number of ether oxygens (including phenoxy) is 1. The van der Waals surface area contributed by atoms with E-state index in [1.807, 2.05) is 12.2 Å². The van der Waals surface area contributed by atoms with Crippen molar-refractivity contribution in [3.8, 4) is 0 Å². The van der Waals surface area contributed by atoms with Crippen molar-refractivity contribution in [1.29, 1.82) is 0 Å². The van der Waals surface area contributed by atoms with Crippen LogP contribution in [0.25, 0.3) is 0 Å². The number of carboxylic acid groups (broad SMARTS) is 1. The summed E-state index contributed by atoms with van der Waals surface area (Å²) in [5.41, 5.74) is 0.543. The van der Waals surface area contributed by atoms with E-state index in [9.17, 15) is 9.90 Å². The molecule has 0 aromatic rings. The summed E-state index contributed by atoms with van der Waals surface area (Å²) < 4.78 is 5.23. The van der Waals surface area contributed by atoms with Crippen LogP contribution in [0.2, 0.25) is 0 Å². The zero-order valence-electron chi connectivity index (χ0n) is 13.7. The van der Waals surface area contributed by atoms with Crippen LogP contribution >= 0.6 is 0 Å². The molecule has 1 aliphatic carbocycles. The molecule has 0 heterocycles. The lowest BCUT2D eigenvalue weighted by Crippen LogP contribution is -2.40. The fraction of sp³-hybridized carbons (Fsp3) is 0.722. The highest BCUT2D eigenvalue weighted by atomic mass is 16.5. The van der Waals surface area contributed by atoms with Crippen molar-refractivity contribution in [3.05, 3.63) is 23.8 Å². The van der Waals surface area contributed by atoms with Crippen molar-refractivity contribution in [2.75, 3.05) is 13.7 Å². The molecule has 3 nitrogen and oxygen atoms in total. The minimum Gasteiger partial charge on any atom is -0.481 e. The highest BCUT2D eigenvalue weighted by Crippen LogP contribution is 2.45. The summed E-state index contributed by atoms with van der Waals surface area (Å²) in [5.74, 6) is -0.617. The third-order valence-corrected chi connectivity index (χ3v) is 4.55. The smallest absolute Gasteiger partial charge is 0.314 e. The molecular formula is C18H30O3. The second kappa shape index (κ2) is 9.04. The number of carbonyl (C=O) groups is 1. The average Bonchev–Trinajstić information content (AvgIpc) is 2.49. The first-order valence-corrected chi connectivity index (χ1v) is 8.23. The van der Waals surface area contributed by atoms with Gasteiger partial charge in [-0.3, -0.25) is 4.79 Å². The topological polar surface area (TPSA) is 46.5 Å². The van der Waals surface area contributed by atoms with Crippen molar-refractivity contribution in [2.45, 2.75) is 58.8 Å². The lowest BCUT2D eigenvalue weighted by Gasteiger charge is -2.39. The molecule has 0 fully saturated rings. The Labute approximate surface area is 129 Å². The normalized spacial score (nSPS) is 24.9. The predicted molar refractivity (Wildman–Crippen MR) is 86.3 cm³/mol. The Morgan fingerprint density at radius 2 is 2.05 bits per heavy atom. The quantitative estimate of drug-likeness (QED) is 0.641. The third kappa shape index (κ3) is 4.44. The summed E-state index contributed by atoms with van der Waals surface area (Å²) in [6.45, 7) is 4.90. The van der Waals surface area contributed by atoms with Gasteiger partial charge in [0.2, 0.25) is 0 Å². The Bertz CT molecular complexity index is 384. The fourth-order valence-electron chi connectivity index (χ4n) is 3.28. The number of carboxylic acids is 1. The molecule has 2 atom stereocenters. The molecule has 0 aliphatic heterocycles. The Hall–Kier alpha value is -1.09. The van der Waals surface area contributed by atoms with E-state index in [1.54, 1.807) is 7.11 Å². The van der Waals surface area contributed by atoms with Gasteiger partial charge in [0.15, 0.2) is 0 Å². The first-order valence-electron chi connectivity index (χ1n) is 8.23. The minimum atomic E-state index is -0.744. The van der Waals surface area contributed by atoms with Crippen molar-refractivity contribution in [3.63, 3.8) is 0 Å². The molecule has 3 heteroatoms.